The number of anilines is 1. The average molecular weight is 545 g/mol. The van der Waals surface area contributed by atoms with E-state index in [0.717, 1.165) is 0 Å². The molecule has 9 heteroatoms. The number of amides is 2. The van der Waals surface area contributed by atoms with Crippen LogP contribution in [0.5, 0.6) is 0 Å². The lowest BCUT2D eigenvalue weighted by atomic mass is 9.74. The van der Waals surface area contributed by atoms with Crippen molar-refractivity contribution in [2.45, 2.75) is 55.2 Å². The van der Waals surface area contributed by atoms with Crippen LogP contribution < -0.4 is 4.90 Å². The van der Waals surface area contributed by atoms with E-state index in [1.54, 1.807) is 34.1 Å². The molecule has 0 radical (unpaired) electrons. The van der Waals surface area contributed by atoms with Crippen molar-refractivity contribution < 1.29 is 24.2 Å². The van der Waals surface area contributed by atoms with Crippen LogP contribution in [0.3, 0.4) is 0 Å². The molecule has 1 aromatic rings. The number of cyclic esters (lactones) is 1. The Hall–Kier alpha value is -2.29. The molecule has 7 nitrogen and oxygen atoms in total. The van der Waals surface area contributed by atoms with Gasteiger partial charge in [-0.25, -0.2) is 0 Å². The fourth-order valence-corrected chi connectivity index (χ4v) is 8.76. The van der Waals surface area contributed by atoms with Gasteiger partial charge in [0.15, 0.2) is 0 Å². The highest BCUT2D eigenvalue weighted by Gasteiger charge is 2.74. The zero-order valence-electron chi connectivity index (χ0n) is 21.3. The van der Waals surface area contributed by atoms with Gasteiger partial charge in [0.05, 0.1) is 35.8 Å². The Morgan fingerprint density at radius 1 is 1.11 bits per heavy atom. The molecule has 0 aliphatic carbocycles. The molecule has 198 valence electrons. The lowest BCUT2D eigenvalue weighted by Gasteiger charge is -2.40. The number of nitrogens with zero attached hydrogens (tertiary/aromatic N) is 2. The van der Waals surface area contributed by atoms with Crippen LogP contribution in [0.1, 0.15) is 33.6 Å². The van der Waals surface area contributed by atoms with Crippen molar-refractivity contribution in [1.82, 2.24) is 4.90 Å². The third-order valence-electron chi connectivity index (χ3n) is 7.94. The number of esters is 1. The van der Waals surface area contributed by atoms with E-state index in [0.29, 0.717) is 30.1 Å². The Kier molecular flexibility index (Phi) is 6.96. The van der Waals surface area contributed by atoms with Crippen LogP contribution in [0, 0.1) is 17.8 Å². The van der Waals surface area contributed by atoms with Crippen molar-refractivity contribution in [3.63, 3.8) is 0 Å². The van der Waals surface area contributed by atoms with Gasteiger partial charge in [0, 0.05) is 22.0 Å². The summed E-state index contributed by atoms with van der Waals surface area (Å²) in [6.45, 7) is 6.33. The summed E-state index contributed by atoms with van der Waals surface area (Å²) >= 11 is 7.61. The van der Waals surface area contributed by atoms with Gasteiger partial charge in [-0.15, -0.1) is 11.8 Å². The summed E-state index contributed by atoms with van der Waals surface area (Å²) in [6.07, 6.45) is 9.06. The monoisotopic (exact) mass is 544 g/mol. The van der Waals surface area contributed by atoms with E-state index < -0.39 is 39.4 Å². The van der Waals surface area contributed by atoms with Crippen molar-refractivity contribution in [3.05, 3.63) is 53.6 Å². The smallest absolute Gasteiger partial charge is 0.311 e. The summed E-state index contributed by atoms with van der Waals surface area (Å²) in [4.78, 5) is 45.5. The number of hydrogen-bond donors (Lipinski definition) is 1. The fourth-order valence-electron chi connectivity index (χ4n) is 6.49. The minimum Gasteiger partial charge on any atom is -0.465 e. The van der Waals surface area contributed by atoms with E-state index in [1.165, 1.54) is 11.8 Å². The van der Waals surface area contributed by atoms with Crippen molar-refractivity contribution >= 4 is 46.8 Å². The van der Waals surface area contributed by atoms with Crippen LogP contribution in [-0.4, -0.2) is 69.1 Å². The van der Waals surface area contributed by atoms with Crippen LogP contribution in [0.15, 0.2) is 48.6 Å². The molecule has 0 saturated carbocycles. The number of aliphatic hydroxyl groups excluding tert-OH is 1. The van der Waals surface area contributed by atoms with Gasteiger partial charge in [-0.3, -0.25) is 14.4 Å². The molecule has 4 aliphatic rings. The number of carbonyl (C=O) groups excluding carboxylic acids is 3. The number of ether oxygens (including phenoxy) is 1. The number of carbonyl (C=O) groups is 3. The van der Waals surface area contributed by atoms with Gasteiger partial charge in [0.25, 0.3) is 5.91 Å². The Morgan fingerprint density at radius 3 is 2.51 bits per heavy atom. The van der Waals surface area contributed by atoms with Gasteiger partial charge >= 0.3 is 5.97 Å². The highest BCUT2D eigenvalue weighted by molar-refractivity contribution is 8.02. The van der Waals surface area contributed by atoms with E-state index in [4.69, 9.17) is 16.3 Å². The predicted molar refractivity (Wildman–Crippen MR) is 144 cm³/mol. The molecule has 2 fully saturated rings. The summed E-state index contributed by atoms with van der Waals surface area (Å²) in [7, 11) is 0. The van der Waals surface area contributed by atoms with Crippen LogP contribution in [-0.2, 0) is 19.1 Å². The number of rotatable bonds is 5. The first-order valence-electron chi connectivity index (χ1n) is 12.8. The number of likely N-dealkylation sites (tertiary alicyclic amines) is 1. The van der Waals surface area contributed by atoms with Crippen molar-refractivity contribution in [3.8, 4) is 0 Å². The summed E-state index contributed by atoms with van der Waals surface area (Å²) in [5.41, 5.74) is 0.677. The maximum absolute atomic E-state index is 14.5. The fraction of sp³-hybridized carbons (Fsp3) is 0.536. The molecular weight excluding hydrogens is 512 g/mol. The SMILES string of the molecule is CC(C)C[C@H](CO)N1C(=O)[C@@H]2[C@@H]3C(=O)OCCC=C[C@]3(C)S[C@@]23C=CCN(c2ccc(Cl)cc2)C(=O)C13. The second-order valence-electron chi connectivity index (χ2n) is 10.9. The molecule has 1 unspecified atom stereocenters. The zero-order valence-corrected chi connectivity index (χ0v) is 22.9. The molecule has 1 aromatic carbocycles. The summed E-state index contributed by atoms with van der Waals surface area (Å²) < 4.78 is 3.89. The van der Waals surface area contributed by atoms with Gasteiger partial charge in [-0.2, -0.15) is 0 Å². The lowest BCUT2D eigenvalue weighted by molar-refractivity contribution is -0.154. The van der Waals surface area contributed by atoms with E-state index >= 15 is 0 Å². The molecule has 2 saturated heterocycles. The Morgan fingerprint density at radius 2 is 1.84 bits per heavy atom. The molecule has 0 aromatic heterocycles. The van der Waals surface area contributed by atoms with Crippen LogP contribution in [0.4, 0.5) is 5.69 Å². The molecule has 4 heterocycles. The van der Waals surface area contributed by atoms with Gasteiger partial charge in [0.2, 0.25) is 5.91 Å². The summed E-state index contributed by atoms with van der Waals surface area (Å²) in [6, 6.07) is 5.62. The first kappa shape index (κ1) is 26.3. The third kappa shape index (κ3) is 4.21. The molecule has 1 spiro atoms. The number of fused-ring (bicyclic) bond motifs is 2. The van der Waals surface area contributed by atoms with Gasteiger partial charge in [0.1, 0.15) is 6.04 Å². The number of thioether (sulfide) groups is 1. The average Bonchev–Trinajstić information content (AvgIpc) is 3.17. The summed E-state index contributed by atoms with van der Waals surface area (Å²) in [5, 5.41) is 11.0. The lowest BCUT2D eigenvalue weighted by Crippen LogP contribution is -2.57. The minimum absolute atomic E-state index is 0.192. The maximum Gasteiger partial charge on any atom is 0.311 e. The molecule has 5 rings (SSSR count). The van der Waals surface area contributed by atoms with Gasteiger partial charge in [-0.1, -0.05) is 49.8 Å². The van der Waals surface area contributed by atoms with E-state index in [9.17, 15) is 19.5 Å². The third-order valence-corrected chi connectivity index (χ3v) is 9.99. The second kappa shape index (κ2) is 9.79. The molecule has 6 atom stereocenters. The van der Waals surface area contributed by atoms with Gasteiger partial charge in [-0.05, 0) is 49.9 Å². The topological polar surface area (TPSA) is 87.2 Å². The van der Waals surface area contributed by atoms with Crippen LogP contribution >= 0.6 is 23.4 Å². The molecule has 2 amide bonds. The van der Waals surface area contributed by atoms with E-state index in [1.807, 2.05) is 45.1 Å². The normalized spacial score (nSPS) is 34.0. The molecule has 0 bridgehead atoms. The quantitative estimate of drug-likeness (QED) is 0.448. The van der Waals surface area contributed by atoms with Crippen molar-refractivity contribution in [2.24, 2.45) is 17.8 Å². The van der Waals surface area contributed by atoms with Crippen molar-refractivity contribution in [2.75, 3.05) is 24.7 Å². The highest BCUT2D eigenvalue weighted by Crippen LogP contribution is 2.65. The maximum atomic E-state index is 14.5. The Labute approximate surface area is 226 Å². The zero-order chi connectivity index (χ0) is 26.5. The van der Waals surface area contributed by atoms with Crippen LogP contribution in [0.25, 0.3) is 0 Å². The molecule has 1 N–H and O–H groups in total. The highest BCUT2D eigenvalue weighted by atomic mass is 35.5. The van der Waals surface area contributed by atoms with E-state index in [2.05, 4.69) is 0 Å². The first-order valence-corrected chi connectivity index (χ1v) is 14.0. The molecule has 4 aliphatic heterocycles. The largest absolute Gasteiger partial charge is 0.465 e. The van der Waals surface area contributed by atoms with E-state index in [-0.39, 0.29) is 30.9 Å². The Balaban J connectivity index is 1.67. The number of halogens is 1. The summed E-state index contributed by atoms with van der Waals surface area (Å²) in [5.74, 6) is -2.24. The van der Waals surface area contributed by atoms with Crippen molar-refractivity contribution in [1.29, 1.82) is 0 Å². The molecular formula is C28H33ClN2O5S. The Bertz CT molecular complexity index is 1150. The minimum atomic E-state index is -0.979. The second-order valence-corrected chi connectivity index (χ2v) is 13.1. The van der Waals surface area contributed by atoms with Gasteiger partial charge < -0.3 is 19.6 Å². The predicted octanol–water partition coefficient (Wildman–Crippen LogP) is 3.84. The number of hydrogen-bond acceptors (Lipinski definition) is 6. The standard InChI is InChI=1S/C28H33ClN2O5S/c1-17(2)15-20(16-32)31-23-25(34)30(19-9-7-18(29)8-10-19)13-6-12-28(23)21(24(31)33)22-26(35)36-14-5-4-11-27(22,3)37-28/h4,6-12,17,20-23,32H,5,13-16H2,1-3H3/t20-,21+,22-,23?,27+,28+/m1/s1. The first-order chi connectivity index (χ1) is 17.6. The number of benzene rings is 1. The molecule has 37 heavy (non-hydrogen) atoms. The van der Waals surface area contributed by atoms with Crippen LogP contribution in [0.2, 0.25) is 5.02 Å². The number of aliphatic hydroxyl groups is 1.